The summed E-state index contributed by atoms with van der Waals surface area (Å²) in [6.07, 6.45) is 2.00. The third-order valence-electron chi connectivity index (χ3n) is 3.43. The van der Waals surface area contributed by atoms with Gasteiger partial charge in [0.25, 0.3) is 0 Å². The van der Waals surface area contributed by atoms with Gasteiger partial charge in [-0.3, -0.25) is 0 Å². The number of hydrogen-bond donors (Lipinski definition) is 1. The highest BCUT2D eigenvalue weighted by molar-refractivity contribution is 5.74. The lowest BCUT2D eigenvalue weighted by atomic mass is 9.92. The SMILES string of the molecule is C=C1c2ccc(CCCOC)cc2OC(C)C1N. The first kappa shape index (κ1) is 13.1. The predicted molar refractivity (Wildman–Crippen MR) is 73.7 cm³/mol. The summed E-state index contributed by atoms with van der Waals surface area (Å²) in [6, 6.07) is 6.16. The van der Waals surface area contributed by atoms with Gasteiger partial charge in [-0.2, -0.15) is 0 Å². The molecule has 1 heterocycles. The molecule has 1 aliphatic rings. The zero-order valence-corrected chi connectivity index (χ0v) is 11.1. The van der Waals surface area contributed by atoms with Crippen LogP contribution in [0.2, 0.25) is 0 Å². The van der Waals surface area contributed by atoms with Crippen molar-refractivity contribution < 1.29 is 9.47 Å². The first-order valence-corrected chi connectivity index (χ1v) is 6.36. The van der Waals surface area contributed by atoms with E-state index >= 15 is 0 Å². The molecule has 2 atom stereocenters. The second kappa shape index (κ2) is 5.55. The Bertz CT molecular complexity index is 442. The predicted octanol–water partition coefficient (Wildman–Crippen LogP) is 2.39. The third-order valence-corrected chi connectivity index (χ3v) is 3.43. The molecule has 0 aliphatic carbocycles. The van der Waals surface area contributed by atoms with Gasteiger partial charge in [-0.1, -0.05) is 18.7 Å². The van der Waals surface area contributed by atoms with Gasteiger partial charge in [-0.05, 0) is 37.0 Å². The Labute approximate surface area is 109 Å². The lowest BCUT2D eigenvalue weighted by Gasteiger charge is -2.31. The first-order chi connectivity index (χ1) is 8.63. The van der Waals surface area contributed by atoms with Crippen molar-refractivity contribution in [3.8, 4) is 5.75 Å². The summed E-state index contributed by atoms with van der Waals surface area (Å²) in [7, 11) is 1.73. The van der Waals surface area contributed by atoms with Gasteiger partial charge in [-0.15, -0.1) is 0 Å². The largest absolute Gasteiger partial charge is 0.488 e. The van der Waals surface area contributed by atoms with E-state index in [0.717, 1.165) is 36.3 Å². The molecule has 2 unspecified atom stereocenters. The average molecular weight is 247 g/mol. The smallest absolute Gasteiger partial charge is 0.127 e. The van der Waals surface area contributed by atoms with Crippen LogP contribution in [0.15, 0.2) is 24.8 Å². The van der Waals surface area contributed by atoms with Crippen LogP contribution in [0.25, 0.3) is 5.57 Å². The molecule has 98 valence electrons. The van der Waals surface area contributed by atoms with E-state index in [-0.39, 0.29) is 12.1 Å². The average Bonchev–Trinajstić information content (AvgIpc) is 2.36. The monoisotopic (exact) mass is 247 g/mol. The summed E-state index contributed by atoms with van der Waals surface area (Å²) in [4.78, 5) is 0. The van der Waals surface area contributed by atoms with Gasteiger partial charge in [0.2, 0.25) is 0 Å². The molecule has 0 bridgehead atoms. The molecule has 0 radical (unpaired) electrons. The highest BCUT2D eigenvalue weighted by atomic mass is 16.5. The van der Waals surface area contributed by atoms with Crippen molar-refractivity contribution in [1.29, 1.82) is 0 Å². The van der Waals surface area contributed by atoms with Crippen LogP contribution in [0.5, 0.6) is 5.75 Å². The van der Waals surface area contributed by atoms with Gasteiger partial charge in [-0.25, -0.2) is 0 Å². The molecule has 18 heavy (non-hydrogen) atoms. The van der Waals surface area contributed by atoms with Gasteiger partial charge in [0, 0.05) is 19.3 Å². The van der Waals surface area contributed by atoms with Crippen molar-refractivity contribution in [2.24, 2.45) is 5.73 Å². The zero-order valence-electron chi connectivity index (χ0n) is 11.1. The van der Waals surface area contributed by atoms with Crippen molar-refractivity contribution in [1.82, 2.24) is 0 Å². The summed E-state index contributed by atoms with van der Waals surface area (Å²) in [5.41, 5.74) is 9.30. The number of hydrogen-bond acceptors (Lipinski definition) is 3. The number of benzene rings is 1. The molecule has 3 nitrogen and oxygen atoms in total. The Morgan fingerprint density at radius 2 is 2.22 bits per heavy atom. The molecule has 0 saturated carbocycles. The Hall–Kier alpha value is -1.32. The quantitative estimate of drug-likeness (QED) is 0.831. The lowest BCUT2D eigenvalue weighted by Crippen LogP contribution is -2.40. The Morgan fingerprint density at radius 3 is 2.94 bits per heavy atom. The minimum atomic E-state index is -0.114. The van der Waals surface area contributed by atoms with E-state index in [9.17, 15) is 0 Å². The van der Waals surface area contributed by atoms with Crippen LogP contribution >= 0.6 is 0 Å². The summed E-state index contributed by atoms with van der Waals surface area (Å²) in [5.74, 6) is 0.907. The zero-order chi connectivity index (χ0) is 13.1. The van der Waals surface area contributed by atoms with Gasteiger partial charge in [0.1, 0.15) is 11.9 Å². The van der Waals surface area contributed by atoms with Crippen LogP contribution in [0.3, 0.4) is 0 Å². The summed E-state index contributed by atoms with van der Waals surface area (Å²) < 4.78 is 10.9. The van der Waals surface area contributed by atoms with Crippen molar-refractivity contribution in [2.75, 3.05) is 13.7 Å². The van der Waals surface area contributed by atoms with Crippen LogP contribution in [-0.4, -0.2) is 25.9 Å². The van der Waals surface area contributed by atoms with E-state index in [1.165, 1.54) is 5.56 Å². The molecule has 0 saturated heterocycles. The van der Waals surface area contributed by atoms with Crippen molar-refractivity contribution in [3.05, 3.63) is 35.9 Å². The summed E-state index contributed by atoms with van der Waals surface area (Å²) in [6.45, 7) is 6.83. The molecular weight excluding hydrogens is 226 g/mol. The van der Waals surface area contributed by atoms with E-state index in [1.807, 2.05) is 6.92 Å². The molecule has 3 heteroatoms. The minimum absolute atomic E-state index is 0.0146. The maximum atomic E-state index is 6.03. The fourth-order valence-electron chi connectivity index (χ4n) is 2.24. The van der Waals surface area contributed by atoms with Gasteiger partial charge in [0.05, 0.1) is 6.04 Å². The molecule has 2 N–H and O–H groups in total. The number of aryl methyl sites for hydroxylation is 1. The number of ether oxygens (including phenoxy) is 2. The van der Waals surface area contributed by atoms with Crippen molar-refractivity contribution in [3.63, 3.8) is 0 Å². The van der Waals surface area contributed by atoms with Gasteiger partial charge < -0.3 is 15.2 Å². The van der Waals surface area contributed by atoms with Crippen LogP contribution in [0.4, 0.5) is 0 Å². The highest BCUT2D eigenvalue weighted by Gasteiger charge is 2.26. The van der Waals surface area contributed by atoms with Gasteiger partial charge >= 0.3 is 0 Å². The van der Waals surface area contributed by atoms with E-state index in [0.29, 0.717) is 0 Å². The first-order valence-electron chi connectivity index (χ1n) is 6.36. The van der Waals surface area contributed by atoms with Gasteiger partial charge in [0.15, 0.2) is 0 Å². The maximum absolute atomic E-state index is 6.03. The summed E-state index contributed by atoms with van der Waals surface area (Å²) >= 11 is 0. The second-order valence-corrected chi connectivity index (χ2v) is 4.80. The molecule has 2 rings (SSSR count). The van der Waals surface area contributed by atoms with Crippen molar-refractivity contribution in [2.45, 2.75) is 31.9 Å². The van der Waals surface area contributed by atoms with E-state index in [2.05, 4.69) is 24.8 Å². The number of fused-ring (bicyclic) bond motifs is 1. The molecule has 0 aromatic heterocycles. The fraction of sp³-hybridized carbons (Fsp3) is 0.467. The van der Waals surface area contributed by atoms with Crippen molar-refractivity contribution >= 4 is 5.57 Å². The molecule has 1 aromatic rings. The molecule has 1 aliphatic heterocycles. The number of methoxy groups -OCH3 is 1. The Morgan fingerprint density at radius 1 is 1.44 bits per heavy atom. The standard InChI is InChI=1S/C15H21NO2/c1-10-13-7-6-12(5-4-8-17-3)9-14(13)18-11(2)15(10)16/h6-7,9,11,15H,1,4-5,8,16H2,2-3H3. The fourth-order valence-corrected chi connectivity index (χ4v) is 2.24. The van der Waals surface area contributed by atoms with Crippen LogP contribution in [0.1, 0.15) is 24.5 Å². The van der Waals surface area contributed by atoms with E-state index in [1.54, 1.807) is 7.11 Å². The van der Waals surface area contributed by atoms with Crippen LogP contribution in [0, 0.1) is 0 Å². The van der Waals surface area contributed by atoms with Crippen LogP contribution < -0.4 is 10.5 Å². The molecule has 0 spiro atoms. The lowest BCUT2D eigenvalue weighted by molar-refractivity contribution is 0.194. The third kappa shape index (κ3) is 2.57. The van der Waals surface area contributed by atoms with E-state index in [4.69, 9.17) is 15.2 Å². The number of rotatable bonds is 4. The normalized spacial score (nSPS) is 22.5. The topological polar surface area (TPSA) is 44.5 Å². The van der Waals surface area contributed by atoms with E-state index < -0.39 is 0 Å². The molecule has 1 aromatic carbocycles. The Balaban J connectivity index is 2.17. The molecule has 0 amide bonds. The minimum Gasteiger partial charge on any atom is -0.488 e. The highest BCUT2D eigenvalue weighted by Crippen LogP contribution is 2.34. The van der Waals surface area contributed by atoms with Crippen LogP contribution in [-0.2, 0) is 11.2 Å². The second-order valence-electron chi connectivity index (χ2n) is 4.80. The maximum Gasteiger partial charge on any atom is 0.127 e. The molecule has 0 fully saturated rings. The number of nitrogens with two attached hydrogens (primary N) is 1. The summed E-state index contributed by atoms with van der Waals surface area (Å²) in [5, 5.41) is 0. The Kier molecular flexibility index (Phi) is 4.04. The molecular formula is C15H21NO2.